The maximum Gasteiger partial charge on any atom is 0.200 e. The number of aliphatic imine (C=N–C) groups is 1. The number of nitrogens with zero attached hydrogens (tertiary/aromatic N) is 1. The second-order valence-corrected chi connectivity index (χ2v) is 6.46. The molecule has 0 unspecified atom stereocenters. The Hall–Kier alpha value is -0.240. The minimum Gasteiger partial charge on any atom is -0.292 e. The molecule has 1 rings (SSSR count). The molecule has 1 aromatic carbocycles. The molecule has 0 N–H and O–H groups in total. The van der Waals surface area contributed by atoms with Crippen LogP contribution in [0.1, 0.15) is 19.4 Å². The van der Waals surface area contributed by atoms with Gasteiger partial charge in [-0.1, -0.05) is 79.0 Å². The van der Waals surface area contributed by atoms with Gasteiger partial charge in [0.2, 0.25) is 0 Å². The van der Waals surface area contributed by atoms with E-state index in [-0.39, 0.29) is 0 Å². The van der Waals surface area contributed by atoms with Gasteiger partial charge in [0.05, 0.1) is 6.54 Å². The molecule has 0 heterocycles. The number of rotatable bonds is 3. The van der Waals surface area contributed by atoms with Crippen molar-refractivity contribution in [1.82, 2.24) is 0 Å². The monoisotopic (exact) mass is 277 g/mol. The van der Waals surface area contributed by atoms with Crippen molar-refractivity contribution < 1.29 is 0 Å². The number of halogens is 3. The molecule has 4 heteroatoms. The number of hydrogen-bond donors (Lipinski definition) is 0. The van der Waals surface area contributed by atoms with Crippen molar-refractivity contribution >= 4 is 41.0 Å². The molecule has 0 fully saturated rings. The minimum atomic E-state index is -1.34. The first-order chi connectivity index (χ1) is 7.33. The lowest BCUT2D eigenvalue weighted by Crippen LogP contribution is -2.30. The van der Waals surface area contributed by atoms with Gasteiger partial charge >= 0.3 is 0 Å². The highest BCUT2D eigenvalue weighted by Gasteiger charge is 2.38. The first kappa shape index (κ1) is 13.8. The highest BCUT2D eigenvalue weighted by Crippen LogP contribution is 2.42. The summed E-state index contributed by atoms with van der Waals surface area (Å²) in [7, 11) is 0. The summed E-state index contributed by atoms with van der Waals surface area (Å²) in [5, 5.41) is 0. The maximum absolute atomic E-state index is 5.85. The average molecular weight is 279 g/mol. The summed E-state index contributed by atoms with van der Waals surface area (Å²) in [4.78, 5) is 4.30. The Morgan fingerprint density at radius 2 is 1.69 bits per heavy atom. The van der Waals surface area contributed by atoms with E-state index in [9.17, 15) is 0 Å². The van der Waals surface area contributed by atoms with Crippen LogP contribution in [0.2, 0.25) is 0 Å². The number of alkyl halides is 3. The normalized spacial score (nSPS) is 13.3. The number of hydrogen-bond acceptors (Lipinski definition) is 1. The van der Waals surface area contributed by atoms with Gasteiger partial charge < -0.3 is 0 Å². The zero-order valence-corrected chi connectivity index (χ0v) is 11.5. The van der Waals surface area contributed by atoms with Crippen LogP contribution >= 0.6 is 34.8 Å². The van der Waals surface area contributed by atoms with Crippen LogP contribution in [-0.4, -0.2) is 10.0 Å². The summed E-state index contributed by atoms with van der Waals surface area (Å²) < 4.78 is -1.34. The molecule has 1 aromatic rings. The van der Waals surface area contributed by atoms with Crippen molar-refractivity contribution in [2.75, 3.05) is 0 Å². The molecule has 0 aliphatic rings. The molecule has 88 valence electrons. The zero-order chi connectivity index (χ0) is 12.2. The fourth-order valence-corrected chi connectivity index (χ4v) is 1.18. The van der Waals surface area contributed by atoms with Gasteiger partial charge in [-0.25, -0.2) is 0 Å². The van der Waals surface area contributed by atoms with Gasteiger partial charge in [-0.15, -0.1) is 0 Å². The van der Waals surface area contributed by atoms with Crippen LogP contribution in [0.5, 0.6) is 0 Å². The van der Waals surface area contributed by atoms with Gasteiger partial charge in [-0.2, -0.15) is 0 Å². The quantitative estimate of drug-likeness (QED) is 0.563. The molecule has 16 heavy (non-hydrogen) atoms. The molecule has 0 radical (unpaired) electrons. The Morgan fingerprint density at radius 3 is 2.19 bits per heavy atom. The van der Waals surface area contributed by atoms with Crippen molar-refractivity contribution in [2.24, 2.45) is 10.4 Å². The Balaban J connectivity index is 2.62. The van der Waals surface area contributed by atoms with E-state index in [1.807, 2.05) is 44.2 Å². The van der Waals surface area contributed by atoms with Gasteiger partial charge in [0.1, 0.15) is 0 Å². The molecule has 0 atom stereocenters. The van der Waals surface area contributed by atoms with Crippen LogP contribution in [0.4, 0.5) is 0 Å². The summed E-state index contributed by atoms with van der Waals surface area (Å²) in [6.07, 6.45) is 1.70. The smallest absolute Gasteiger partial charge is 0.200 e. The minimum absolute atomic E-state index is 0.577. The van der Waals surface area contributed by atoms with Gasteiger partial charge in [0.25, 0.3) is 0 Å². The summed E-state index contributed by atoms with van der Waals surface area (Å²) >= 11 is 17.5. The number of benzene rings is 1. The van der Waals surface area contributed by atoms with Gasteiger partial charge in [0, 0.05) is 11.6 Å². The molecule has 0 spiro atoms. The fourth-order valence-electron chi connectivity index (χ4n) is 1.04. The predicted molar refractivity (Wildman–Crippen MR) is 72.7 cm³/mol. The Morgan fingerprint density at radius 1 is 1.12 bits per heavy atom. The highest BCUT2D eigenvalue weighted by atomic mass is 35.6. The summed E-state index contributed by atoms with van der Waals surface area (Å²) in [5.74, 6) is 0. The maximum atomic E-state index is 5.85. The third-order valence-electron chi connectivity index (χ3n) is 2.26. The van der Waals surface area contributed by atoms with Crippen molar-refractivity contribution in [3.8, 4) is 0 Å². The lowest BCUT2D eigenvalue weighted by atomic mass is 9.98. The summed E-state index contributed by atoms with van der Waals surface area (Å²) in [6.45, 7) is 4.29. The van der Waals surface area contributed by atoms with Crippen molar-refractivity contribution in [3.63, 3.8) is 0 Å². The van der Waals surface area contributed by atoms with Gasteiger partial charge in [-0.05, 0) is 5.56 Å². The van der Waals surface area contributed by atoms with Crippen LogP contribution in [-0.2, 0) is 6.54 Å². The van der Waals surface area contributed by atoms with E-state index in [1.165, 1.54) is 0 Å². The van der Waals surface area contributed by atoms with E-state index in [4.69, 9.17) is 34.8 Å². The first-order valence-corrected chi connectivity index (χ1v) is 6.08. The molecule has 0 saturated heterocycles. The molecule has 1 nitrogen and oxygen atoms in total. The van der Waals surface area contributed by atoms with E-state index in [0.29, 0.717) is 6.54 Å². The average Bonchev–Trinajstić information content (AvgIpc) is 2.17. The largest absolute Gasteiger partial charge is 0.292 e. The topological polar surface area (TPSA) is 12.4 Å². The van der Waals surface area contributed by atoms with Crippen molar-refractivity contribution in [3.05, 3.63) is 35.9 Å². The Kier molecular flexibility index (Phi) is 4.66. The van der Waals surface area contributed by atoms with E-state index in [1.54, 1.807) is 6.21 Å². The van der Waals surface area contributed by atoms with Crippen molar-refractivity contribution in [2.45, 2.75) is 24.2 Å². The molecule has 0 bridgehead atoms. The molecule has 0 aliphatic carbocycles. The van der Waals surface area contributed by atoms with E-state index >= 15 is 0 Å². The zero-order valence-electron chi connectivity index (χ0n) is 9.25. The van der Waals surface area contributed by atoms with Crippen LogP contribution in [0.25, 0.3) is 0 Å². The molecule has 0 saturated carbocycles. The Labute approximate surface area is 111 Å². The summed E-state index contributed by atoms with van der Waals surface area (Å²) in [5.41, 5.74) is 0.561. The first-order valence-electron chi connectivity index (χ1n) is 4.94. The van der Waals surface area contributed by atoms with Gasteiger partial charge in [0.15, 0.2) is 3.79 Å². The van der Waals surface area contributed by atoms with E-state index in [2.05, 4.69) is 4.99 Å². The molecule has 0 amide bonds. The lowest BCUT2D eigenvalue weighted by Gasteiger charge is -2.27. The van der Waals surface area contributed by atoms with Crippen molar-refractivity contribution in [1.29, 1.82) is 0 Å². The SMILES string of the molecule is CC(C)(C=NCc1ccccc1)C(Cl)(Cl)Cl. The lowest BCUT2D eigenvalue weighted by molar-refractivity contribution is 0.548. The molecular weight excluding hydrogens is 264 g/mol. The van der Waals surface area contributed by atoms with Gasteiger partial charge in [-0.3, -0.25) is 4.99 Å². The van der Waals surface area contributed by atoms with Crippen LogP contribution in [0, 0.1) is 5.41 Å². The molecule has 0 aliphatic heterocycles. The molecule has 0 aromatic heterocycles. The van der Waals surface area contributed by atoms with E-state index in [0.717, 1.165) is 5.56 Å². The molecular formula is C12H14Cl3N. The van der Waals surface area contributed by atoms with E-state index < -0.39 is 9.21 Å². The Bertz CT molecular complexity index is 352. The summed E-state index contributed by atoms with van der Waals surface area (Å²) in [6, 6.07) is 9.95. The standard InChI is InChI=1S/C12H14Cl3N/c1-11(2,12(13,14)15)9-16-8-10-6-4-3-5-7-10/h3-7,9H,8H2,1-2H3. The van der Waals surface area contributed by atoms with Crippen LogP contribution in [0.3, 0.4) is 0 Å². The third kappa shape index (κ3) is 3.97. The highest BCUT2D eigenvalue weighted by molar-refractivity contribution is 6.68. The van der Waals surface area contributed by atoms with Crippen LogP contribution in [0.15, 0.2) is 35.3 Å². The predicted octanol–water partition coefficient (Wildman–Crippen LogP) is 4.65. The second-order valence-electron chi connectivity index (χ2n) is 4.17. The fraction of sp³-hybridized carbons (Fsp3) is 0.417. The second kappa shape index (κ2) is 5.39. The van der Waals surface area contributed by atoms with Crippen LogP contribution < -0.4 is 0 Å². The third-order valence-corrected chi connectivity index (χ3v) is 3.72.